The Bertz CT molecular complexity index is 616. The summed E-state index contributed by atoms with van der Waals surface area (Å²) in [5.74, 6) is 0.667. The van der Waals surface area contributed by atoms with Crippen LogP contribution >= 0.6 is 11.6 Å². The zero-order valence-electron chi connectivity index (χ0n) is 23.7. The summed E-state index contributed by atoms with van der Waals surface area (Å²) in [6, 6.07) is 0. The van der Waals surface area contributed by atoms with Gasteiger partial charge in [0.05, 0.1) is 58.2 Å². The number of halogens is 1. The van der Waals surface area contributed by atoms with Gasteiger partial charge in [-0.15, -0.1) is 11.6 Å². The Hall–Kier alpha value is -0.0300. The lowest BCUT2D eigenvalue weighted by molar-refractivity contribution is -0.280. The standard InChI is InChI=1S/C13H25NO3.C10H21NO2.C3H5ClO/c1-12(2)6-10(16-8-11-9-17-11)7-13(3,4)14(12)15-5;1-9(2)6-8(12)7-10(3,4)11(9)13-5;4-1-3-2-5-3/h10-11H,6-9H2,1-5H3;8,12H,6-7H2,1-5H3;3H,1-2H2. The second-order valence-electron chi connectivity index (χ2n) is 12.7. The number of alkyl halides is 1. The van der Waals surface area contributed by atoms with E-state index in [1.807, 2.05) is 5.06 Å². The number of nitrogens with zero attached hydrogens (tertiary/aromatic N) is 2. The average molecular weight is 523 g/mol. The third-order valence-corrected chi connectivity index (χ3v) is 7.33. The molecule has 0 radical (unpaired) electrons. The van der Waals surface area contributed by atoms with Crippen LogP contribution in [0.2, 0.25) is 0 Å². The predicted molar refractivity (Wildman–Crippen MR) is 138 cm³/mol. The molecule has 0 amide bonds. The van der Waals surface area contributed by atoms with E-state index >= 15 is 0 Å². The maximum absolute atomic E-state index is 9.71. The molecule has 4 aliphatic heterocycles. The molecule has 4 heterocycles. The van der Waals surface area contributed by atoms with Gasteiger partial charge in [-0.3, -0.25) is 0 Å². The second-order valence-corrected chi connectivity index (χ2v) is 13.0. The minimum atomic E-state index is -0.212. The summed E-state index contributed by atoms with van der Waals surface area (Å²) in [7, 11) is 3.45. The number of epoxide rings is 2. The molecule has 4 fully saturated rings. The van der Waals surface area contributed by atoms with Gasteiger partial charge in [0.15, 0.2) is 0 Å². The first kappa shape index (κ1) is 31.2. The van der Waals surface area contributed by atoms with Crippen LogP contribution < -0.4 is 0 Å². The lowest BCUT2D eigenvalue weighted by Crippen LogP contribution is -2.61. The minimum Gasteiger partial charge on any atom is -0.393 e. The van der Waals surface area contributed by atoms with Gasteiger partial charge in [0, 0.05) is 22.2 Å². The summed E-state index contributed by atoms with van der Waals surface area (Å²) >= 11 is 5.27. The van der Waals surface area contributed by atoms with Crippen molar-refractivity contribution in [3.8, 4) is 0 Å². The first-order chi connectivity index (χ1) is 16.1. The molecular formula is C26H51ClN2O6. The Labute approximate surface area is 218 Å². The zero-order chi connectivity index (χ0) is 26.7. The Morgan fingerprint density at radius 2 is 1.11 bits per heavy atom. The maximum atomic E-state index is 9.71. The first-order valence-corrected chi connectivity index (χ1v) is 13.4. The van der Waals surface area contributed by atoms with Gasteiger partial charge in [-0.2, -0.15) is 10.1 Å². The lowest BCUT2D eigenvalue weighted by atomic mass is 9.80. The first-order valence-electron chi connectivity index (χ1n) is 12.9. The van der Waals surface area contributed by atoms with E-state index in [-0.39, 0.29) is 28.3 Å². The number of hydrogen-bond acceptors (Lipinski definition) is 8. The molecule has 0 spiro atoms. The number of aliphatic hydroxyl groups is 1. The summed E-state index contributed by atoms with van der Waals surface area (Å²) in [5.41, 5.74) is -0.164. The van der Waals surface area contributed by atoms with E-state index in [0.717, 1.165) is 45.5 Å². The number of ether oxygens (including phenoxy) is 3. The summed E-state index contributed by atoms with van der Waals surface area (Å²) in [4.78, 5) is 11.0. The Kier molecular flexibility index (Phi) is 10.9. The van der Waals surface area contributed by atoms with Crippen LogP contribution in [0.15, 0.2) is 0 Å². The van der Waals surface area contributed by atoms with Gasteiger partial charge < -0.3 is 29.0 Å². The molecular weight excluding hydrogens is 472 g/mol. The molecule has 0 saturated carbocycles. The van der Waals surface area contributed by atoms with Crippen LogP contribution in [0.1, 0.15) is 81.1 Å². The number of aliphatic hydroxyl groups excluding tert-OH is 1. The van der Waals surface area contributed by atoms with Crippen LogP contribution in [0, 0.1) is 0 Å². The third-order valence-electron chi connectivity index (χ3n) is 6.98. The van der Waals surface area contributed by atoms with Crippen molar-refractivity contribution in [1.29, 1.82) is 0 Å². The maximum Gasteiger partial charge on any atom is 0.104 e. The van der Waals surface area contributed by atoms with Gasteiger partial charge >= 0.3 is 0 Å². The van der Waals surface area contributed by atoms with Crippen molar-refractivity contribution in [3.05, 3.63) is 0 Å². The highest BCUT2D eigenvalue weighted by Crippen LogP contribution is 2.40. The van der Waals surface area contributed by atoms with Gasteiger partial charge in [0.25, 0.3) is 0 Å². The van der Waals surface area contributed by atoms with Crippen molar-refractivity contribution in [2.45, 2.75) is 128 Å². The van der Waals surface area contributed by atoms with Gasteiger partial charge in [-0.25, -0.2) is 0 Å². The smallest absolute Gasteiger partial charge is 0.104 e. The molecule has 4 rings (SSSR count). The molecule has 0 aliphatic carbocycles. The highest BCUT2D eigenvalue weighted by atomic mass is 35.5. The van der Waals surface area contributed by atoms with E-state index in [1.54, 1.807) is 14.2 Å². The fourth-order valence-electron chi connectivity index (χ4n) is 6.05. The van der Waals surface area contributed by atoms with E-state index in [2.05, 4.69) is 60.5 Å². The average Bonchev–Trinajstić information content (AvgIpc) is 3.59. The fourth-order valence-corrected chi connectivity index (χ4v) is 6.23. The van der Waals surface area contributed by atoms with E-state index in [1.165, 1.54) is 0 Å². The van der Waals surface area contributed by atoms with Crippen LogP contribution in [-0.2, 0) is 23.9 Å². The van der Waals surface area contributed by atoms with E-state index in [0.29, 0.717) is 24.2 Å². The number of hydroxylamine groups is 4. The van der Waals surface area contributed by atoms with Crippen molar-refractivity contribution >= 4 is 11.6 Å². The SMILES string of the molecule is CON1C(C)(C)CC(O)CC1(C)C.CON1C(C)(C)CC(OCC2CO2)CC1(C)C.ClCC1CO1. The molecule has 8 nitrogen and oxygen atoms in total. The van der Waals surface area contributed by atoms with Crippen LogP contribution in [0.25, 0.3) is 0 Å². The molecule has 1 N–H and O–H groups in total. The Balaban J connectivity index is 0.000000211. The normalized spacial score (nSPS) is 31.5. The summed E-state index contributed by atoms with van der Waals surface area (Å²) in [6.07, 6.45) is 4.37. The van der Waals surface area contributed by atoms with Crippen molar-refractivity contribution in [2.24, 2.45) is 0 Å². The zero-order valence-corrected chi connectivity index (χ0v) is 24.5. The van der Waals surface area contributed by atoms with Gasteiger partial charge in [-0.1, -0.05) is 0 Å². The molecule has 4 saturated heterocycles. The van der Waals surface area contributed by atoms with E-state index in [9.17, 15) is 5.11 Å². The summed E-state index contributed by atoms with van der Waals surface area (Å²) in [5, 5.41) is 13.8. The van der Waals surface area contributed by atoms with Crippen molar-refractivity contribution in [2.75, 3.05) is 39.9 Å². The number of hydrogen-bond donors (Lipinski definition) is 1. The molecule has 0 aromatic heterocycles. The monoisotopic (exact) mass is 522 g/mol. The van der Waals surface area contributed by atoms with Crippen molar-refractivity contribution in [3.63, 3.8) is 0 Å². The predicted octanol–water partition coefficient (Wildman–Crippen LogP) is 4.17. The highest BCUT2D eigenvalue weighted by Gasteiger charge is 2.47. The largest absolute Gasteiger partial charge is 0.393 e. The lowest BCUT2D eigenvalue weighted by Gasteiger charge is -2.53. The van der Waals surface area contributed by atoms with Gasteiger partial charge in [-0.05, 0) is 81.1 Å². The topological polar surface area (TPSA) is 79.5 Å². The quantitative estimate of drug-likeness (QED) is 0.411. The van der Waals surface area contributed by atoms with Crippen LogP contribution in [0.5, 0.6) is 0 Å². The summed E-state index contributed by atoms with van der Waals surface area (Å²) in [6.45, 7) is 19.7. The van der Waals surface area contributed by atoms with Crippen LogP contribution in [0.4, 0.5) is 0 Å². The molecule has 0 aromatic rings. The Morgan fingerprint density at radius 3 is 1.40 bits per heavy atom. The second kappa shape index (κ2) is 12.2. The molecule has 0 bridgehead atoms. The highest BCUT2D eigenvalue weighted by molar-refractivity contribution is 6.18. The molecule has 0 aromatic carbocycles. The fraction of sp³-hybridized carbons (Fsp3) is 1.00. The van der Waals surface area contributed by atoms with Crippen molar-refractivity contribution in [1.82, 2.24) is 10.1 Å². The van der Waals surface area contributed by atoms with Crippen LogP contribution in [-0.4, -0.2) is 102 Å². The number of rotatable bonds is 6. The number of piperidine rings is 2. The summed E-state index contributed by atoms with van der Waals surface area (Å²) < 4.78 is 15.9. The molecule has 208 valence electrons. The van der Waals surface area contributed by atoms with Crippen LogP contribution in [0.3, 0.4) is 0 Å². The van der Waals surface area contributed by atoms with E-state index < -0.39 is 0 Å². The Morgan fingerprint density at radius 1 is 0.743 bits per heavy atom. The minimum absolute atomic E-state index is 0.00553. The molecule has 4 aliphatic rings. The molecule has 9 heteroatoms. The third kappa shape index (κ3) is 9.34. The van der Waals surface area contributed by atoms with Gasteiger partial charge in [0.2, 0.25) is 0 Å². The molecule has 35 heavy (non-hydrogen) atoms. The molecule has 2 atom stereocenters. The van der Waals surface area contributed by atoms with E-state index in [4.69, 9.17) is 35.5 Å². The molecule has 2 unspecified atom stereocenters. The van der Waals surface area contributed by atoms with Gasteiger partial charge in [0.1, 0.15) is 6.10 Å². The van der Waals surface area contributed by atoms with Crippen molar-refractivity contribution < 1.29 is 29.0 Å².